The van der Waals surface area contributed by atoms with Crippen LogP contribution in [0.2, 0.25) is 0 Å². The normalized spacial score (nSPS) is 11.5. The second-order valence-electron chi connectivity index (χ2n) is 8.32. The van der Waals surface area contributed by atoms with Gasteiger partial charge in [0, 0.05) is 5.69 Å². The van der Waals surface area contributed by atoms with Gasteiger partial charge in [-0.05, 0) is 55.3 Å². The van der Waals surface area contributed by atoms with Gasteiger partial charge in [0.05, 0.1) is 25.6 Å². The minimum atomic E-state index is -0.991. The summed E-state index contributed by atoms with van der Waals surface area (Å²) in [5.74, 6) is -0.679. The zero-order chi connectivity index (χ0) is 25.5. The summed E-state index contributed by atoms with van der Waals surface area (Å²) in [6, 6.07) is 20.3. The van der Waals surface area contributed by atoms with Crippen LogP contribution in [0.25, 0.3) is 0 Å². The van der Waals surface area contributed by atoms with Crippen molar-refractivity contribution < 1.29 is 23.2 Å². The van der Waals surface area contributed by atoms with Gasteiger partial charge < -0.3 is 19.5 Å². The quantitative estimate of drug-likeness (QED) is 0.368. The Morgan fingerprint density at radius 1 is 0.833 bits per heavy atom. The Labute approximate surface area is 208 Å². The van der Waals surface area contributed by atoms with Crippen LogP contribution in [0.3, 0.4) is 0 Å². The number of anilines is 1. The van der Waals surface area contributed by atoms with Crippen LogP contribution in [-0.2, 0) is 16.1 Å². The highest BCUT2D eigenvalue weighted by Gasteiger charge is 2.33. The lowest BCUT2D eigenvalue weighted by atomic mass is 10.0. The SMILES string of the molecule is Cc1ccc(C(C(=O)NCc2ccco2)N(C(=O)CNC(=O)c2ccco2)c2ccccc2C)cc1. The maximum Gasteiger partial charge on any atom is 0.287 e. The van der Waals surface area contributed by atoms with Gasteiger partial charge in [0.25, 0.3) is 5.91 Å². The molecule has 1 atom stereocenters. The van der Waals surface area contributed by atoms with Crippen LogP contribution in [0, 0.1) is 13.8 Å². The van der Waals surface area contributed by atoms with Crippen LogP contribution in [0.5, 0.6) is 0 Å². The van der Waals surface area contributed by atoms with E-state index in [9.17, 15) is 14.4 Å². The Kier molecular flexibility index (Phi) is 7.65. The molecule has 2 N–H and O–H groups in total. The van der Waals surface area contributed by atoms with Crippen molar-refractivity contribution in [3.63, 3.8) is 0 Å². The molecule has 8 nitrogen and oxygen atoms in total. The largest absolute Gasteiger partial charge is 0.467 e. The molecule has 0 spiro atoms. The molecule has 1 unspecified atom stereocenters. The van der Waals surface area contributed by atoms with E-state index in [1.54, 1.807) is 30.3 Å². The molecule has 0 saturated heterocycles. The predicted molar refractivity (Wildman–Crippen MR) is 134 cm³/mol. The lowest BCUT2D eigenvalue weighted by molar-refractivity contribution is -0.126. The Morgan fingerprint density at radius 3 is 2.22 bits per heavy atom. The number of benzene rings is 2. The topological polar surface area (TPSA) is 105 Å². The van der Waals surface area contributed by atoms with Gasteiger partial charge in [0.15, 0.2) is 5.76 Å². The van der Waals surface area contributed by atoms with Crippen LogP contribution < -0.4 is 15.5 Å². The van der Waals surface area contributed by atoms with E-state index in [1.165, 1.54) is 23.5 Å². The van der Waals surface area contributed by atoms with Gasteiger partial charge in [0.1, 0.15) is 11.8 Å². The van der Waals surface area contributed by atoms with Gasteiger partial charge in [-0.2, -0.15) is 0 Å². The number of carbonyl (C=O) groups is 3. The number of hydrogen-bond acceptors (Lipinski definition) is 5. The number of rotatable bonds is 9. The van der Waals surface area contributed by atoms with Crippen molar-refractivity contribution in [2.75, 3.05) is 11.4 Å². The standard InChI is InChI=1S/C28H27N3O5/c1-19-11-13-21(14-12-19)26(28(34)29-17-22-8-5-15-35-22)31(23-9-4-3-7-20(23)2)25(32)18-30-27(33)24-10-6-16-36-24/h3-16,26H,17-18H2,1-2H3,(H,29,34)(H,30,33). The van der Waals surface area contributed by atoms with Crippen molar-refractivity contribution >= 4 is 23.4 Å². The Hall–Kier alpha value is -4.59. The first-order chi connectivity index (χ1) is 17.4. The number of carbonyl (C=O) groups excluding carboxylic acids is 3. The smallest absolute Gasteiger partial charge is 0.287 e. The van der Waals surface area contributed by atoms with E-state index in [1.807, 2.05) is 50.2 Å². The van der Waals surface area contributed by atoms with Crippen molar-refractivity contribution in [1.29, 1.82) is 0 Å². The summed E-state index contributed by atoms with van der Waals surface area (Å²) in [4.78, 5) is 41.1. The zero-order valence-corrected chi connectivity index (χ0v) is 20.1. The summed E-state index contributed by atoms with van der Waals surface area (Å²) in [6.45, 7) is 3.65. The van der Waals surface area contributed by atoms with E-state index >= 15 is 0 Å². The zero-order valence-electron chi connectivity index (χ0n) is 20.1. The number of nitrogens with one attached hydrogen (secondary N) is 2. The minimum Gasteiger partial charge on any atom is -0.467 e. The summed E-state index contributed by atoms with van der Waals surface area (Å²) in [5, 5.41) is 5.47. The number of amides is 3. The molecule has 2 aromatic carbocycles. The predicted octanol–water partition coefficient (Wildman–Crippen LogP) is 4.31. The number of para-hydroxylation sites is 1. The van der Waals surface area contributed by atoms with E-state index in [-0.39, 0.29) is 24.8 Å². The molecule has 184 valence electrons. The number of furan rings is 2. The fourth-order valence-electron chi connectivity index (χ4n) is 3.84. The fraction of sp³-hybridized carbons (Fsp3) is 0.179. The van der Waals surface area contributed by atoms with E-state index in [2.05, 4.69) is 10.6 Å². The van der Waals surface area contributed by atoms with Crippen molar-refractivity contribution in [3.05, 3.63) is 114 Å². The van der Waals surface area contributed by atoms with Crippen LogP contribution in [0.15, 0.2) is 94.2 Å². The molecule has 0 aliphatic carbocycles. The molecular formula is C28H27N3O5. The summed E-state index contributed by atoms with van der Waals surface area (Å²) in [7, 11) is 0. The van der Waals surface area contributed by atoms with Gasteiger partial charge in [-0.15, -0.1) is 0 Å². The second kappa shape index (κ2) is 11.2. The summed E-state index contributed by atoms with van der Waals surface area (Å²) in [5.41, 5.74) is 3.02. The first-order valence-electron chi connectivity index (χ1n) is 11.5. The molecule has 2 aromatic heterocycles. The lowest BCUT2D eigenvalue weighted by Crippen LogP contribution is -2.47. The highest BCUT2D eigenvalue weighted by Crippen LogP contribution is 2.31. The van der Waals surface area contributed by atoms with Crippen molar-refractivity contribution in [2.24, 2.45) is 0 Å². The van der Waals surface area contributed by atoms with Crippen LogP contribution >= 0.6 is 0 Å². The van der Waals surface area contributed by atoms with Gasteiger partial charge in [-0.1, -0.05) is 48.0 Å². The maximum absolute atomic E-state index is 13.7. The lowest BCUT2D eigenvalue weighted by Gasteiger charge is -2.32. The first kappa shape index (κ1) is 24.5. The number of nitrogens with zero attached hydrogens (tertiary/aromatic N) is 1. The van der Waals surface area contributed by atoms with E-state index in [4.69, 9.17) is 8.83 Å². The highest BCUT2D eigenvalue weighted by molar-refractivity contribution is 6.04. The van der Waals surface area contributed by atoms with Gasteiger partial charge in [0.2, 0.25) is 11.8 Å². The third kappa shape index (κ3) is 5.72. The minimum absolute atomic E-state index is 0.0940. The maximum atomic E-state index is 13.7. The molecular weight excluding hydrogens is 458 g/mol. The number of aryl methyl sites for hydroxylation is 2. The molecule has 0 radical (unpaired) electrons. The monoisotopic (exact) mass is 485 g/mol. The van der Waals surface area contributed by atoms with Crippen molar-refractivity contribution in [2.45, 2.75) is 26.4 Å². The second-order valence-corrected chi connectivity index (χ2v) is 8.32. The van der Waals surface area contributed by atoms with Crippen molar-refractivity contribution in [1.82, 2.24) is 10.6 Å². The molecule has 0 aliphatic rings. The number of hydrogen-bond donors (Lipinski definition) is 2. The van der Waals surface area contributed by atoms with E-state index in [0.29, 0.717) is 17.0 Å². The molecule has 3 amide bonds. The summed E-state index contributed by atoms with van der Waals surface area (Å²) < 4.78 is 10.5. The Balaban J connectivity index is 1.68. The van der Waals surface area contributed by atoms with Crippen LogP contribution in [0.1, 0.15) is 39.0 Å². The van der Waals surface area contributed by atoms with Gasteiger partial charge >= 0.3 is 0 Å². The molecule has 2 heterocycles. The molecule has 4 aromatic rings. The third-order valence-corrected chi connectivity index (χ3v) is 5.71. The molecule has 8 heteroatoms. The highest BCUT2D eigenvalue weighted by atomic mass is 16.3. The molecule has 0 aliphatic heterocycles. The molecule has 0 saturated carbocycles. The van der Waals surface area contributed by atoms with Gasteiger partial charge in [-0.3, -0.25) is 19.3 Å². The Morgan fingerprint density at radius 2 is 1.56 bits per heavy atom. The average molecular weight is 486 g/mol. The summed E-state index contributed by atoms with van der Waals surface area (Å²) in [6.07, 6.45) is 2.91. The molecule has 36 heavy (non-hydrogen) atoms. The van der Waals surface area contributed by atoms with Crippen LogP contribution in [0.4, 0.5) is 5.69 Å². The average Bonchev–Trinajstić information content (AvgIpc) is 3.60. The van der Waals surface area contributed by atoms with E-state index < -0.39 is 17.9 Å². The Bertz CT molecular complexity index is 1310. The third-order valence-electron chi connectivity index (χ3n) is 5.71. The van der Waals surface area contributed by atoms with Crippen molar-refractivity contribution in [3.8, 4) is 0 Å². The molecule has 0 bridgehead atoms. The first-order valence-corrected chi connectivity index (χ1v) is 11.5. The molecule has 0 fully saturated rings. The van der Waals surface area contributed by atoms with Crippen LogP contribution in [-0.4, -0.2) is 24.3 Å². The van der Waals surface area contributed by atoms with E-state index in [0.717, 1.165) is 11.1 Å². The fourth-order valence-corrected chi connectivity index (χ4v) is 3.84. The molecule has 4 rings (SSSR count). The summed E-state index contributed by atoms with van der Waals surface area (Å²) >= 11 is 0. The van der Waals surface area contributed by atoms with Gasteiger partial charge in [-0.25, -0.2) is 0 Å².